The van der Waals surface area contributed by atoms with Crippen LogP contribution in [0.3, 0.4) is 0 Å². The normalized spacial score (nSPS) is 18.9. The van der Waals surface area contributed by atoms with Crippen molar-refractivity contribution in [2.45, 2.75) is 18.9 Å². The van der Waals surface area contributed by atoms with Crippen LogP contribution in [0.15, 0.2) is 30.5 Å². The zero-order valence-electron chi connectivity index (χ0n) is 11.1. The smallest absolute Gasteiger partial charge is 0.255 e. The number of likely N-dealkylation sites (N-methyl/N-ethyl adjacent to an activating group) is 1. The van der Waals surface area contributed by atoms with Gasteiger partial charge in [0, 0.05) is 31.8 Å². The van der Waals surface area contributed by atoms with Crippen LogP contribution in [0, 0.1) is 0 Å². The number of fused-ring (bicyclic) bond motifs is 1. The molecule has 2 aromatic rings. The number of carbonyl (C=O) groups excluding carboxylic acids is 1. The maximum Gasteiger partial charge on any atom is 0.255 e. The average Bonchev–Trinajstić information content (AvgIpc) is 3.07. The lowest BCUT2D eigenvalue weighted by molar-refractivity contribution is 0.0588. The molecule has 0 bridgehead atoms. The van der Waals surface area contributed by atoms with E-state index in [4.69, 9.17) is 4.74 Å². The van der Waals surface area contributed by atoms with Crippen LogP contribution in [0.5, 0.6) is 0 Å². The van der Waals surface area contributed by atoms with Crippen LogP contribution in [0.4, 0.5) is 0 Å². The van der Waals surface area contributed by atoms with E-state index in [0.717, 1.165) is 35.9 Å². The highest BCUT2D eigenvalue weighted by molar-refractivity contribution is 6.05. The summed E-state index contributed by atoms with van der Waals surface area (Å²) < 4.78 is 5.58. The lowest BCUT2D eigenvalue weighted by Gasteiger charge is -2.21. The number of hydrogen-bond donors (Lipinski definition) is 1. The fraction of sp³-hybridized carbons (Fsp3) is 0.400. The van der Waals surface area contributed by atoms with Gasteiger partial charge >= 0.3 is 0 Å². The molecule has 1 fully saturated rings. The van der Waals surface area contributed by atoms with E-state index < -0.39 is 0 Å². The Morgan fingerprint density at radius 2 is 2.37 bits per heavy atom. The van der Waals surface area contributed by atoms with Gasteiger partial charge in [-0.05, 0) is 25.0 Å². The number of hydrogen-bond acceptors (Lipinski definition) is 2. The van der Waals surface area contributed by atoms with Crippen LogP contribution in [0.2, 0.25) is 0 Å². The maximum absolute atomic E-state index is 12.5. The molecule has 1 amide bonds. The molecule has 19 heavy (non-hydrogen) atoms. The number of benzene rings is 1. The van der Waals surface area contributed by atoms with Crippen molar-refractivity contribution < 1.29 is 9.53 Å². The van der Waals surface area contributed by atoms with Crippen LogP contribution in [-0.2, 0) is 4.74 Å². The van der Waals surface area contributed by atoms with Crippen molar-refractivity contribution in [1.82, 2.24) is 9.88 Å². The molecule has 1 unspecified atom stereocenters. The largest absolute Gasteiger partial charge is 0.376 e. The number of carbonyl (C=O) groups is 1. The molecule has 1 aliphatic rings. The molecule has 4 heteroatoms. The van der Waals surface area contributed by atoms with Gasteiger partial charge in [-0.25, -0.2) is 0 Å². The van der Waals surface area contributed by atoms with E-state index >= 15 is 0 Å². The van der Waals surface area contributed by atoms with Crippen molar-refractivity contribution in [1.29, 1.82) is 0 Å². The first kappa shape index (κ1) is 12.2. The molecule has 1 aromatic heterocycles. The quantitative estimate of drug-likeness (QED) is 0.919. The van der Waals surface area contributed by atoms with Gasteiger partial charge in [-0.2, -0.15) is 0 Å². The molecule has 1 atom stereocenters. The lowest BCUT2D eigenvalue weighted by Crippen LogP contribution is -2.34. The fourth-order valence-corrected chi connectivity index (χ4v) is 2.65. The molecule has 0 aliphatic carbocycles. The van der Waals surface area contributed by atoms with Gasteiger partial charge in [0.1, 0.15) is 0 Å². The van der Waals surface area contributed by atoms with E-state index in [0.29, 0.717) is 6.54 Å². The van der Waals surface area contributed by atoms with Crippen molar-refractivity contribution in [2.24, 2.45) is 0 Å². The summed E-state index contributed by atoms with van der Waals surface area (Å²) in [6.45, 7) is 1.48. The molecule has 0 radical (unpaired) electrons. The second-order valence-corrected chi connectivity index (χ2v) is 5.07. The molecule has 4 nitrogen and oxygen atoms in total. The SMILES string of the molecule is CN(CC1CCCO1)C(=O)c1cccc2cc[nH]c12. The van der Waals surface area contributed by atoms with Crippen LogP contribution in [0.1, 0.15) is 23.2 Å². The summed E-state index contributed by atoms with van der Waals surface area (Å²) >= 11 is 0. The van der Waals surface area contributed by atoms with Crippen molar-refractivity contribution in [2.75, 3.05) is 20.2 Å². The number of amides is 1. The minimum absolute atomic E-state index is 0.0450. The molecule has 100 valence electrons. The fourth-order valence-electron chi connectivity index (χ4n) is 2.65. The van der Waals surface area contributed by atoms with Crippen molar-refractivity contribution in [3.8, 4) is 0 Å². The number of rotatable bonds is 3. The van der Waals surface area contributed by atoms with Gasteiger partial charge in [0.2, 0.25) is 0 Å². The van der Waals surface area contributed by atoms with Crippen molar-refractivity contribution >= 4 is 16.8 Å². The number of para-hydroxylation sites is 1. The Morgan fingerprint density at radius 1 is 1.47 bits per heavy atom. The summed E-state index contributed by atoms with van der Waals surface area (Å²) in [5.41, 5.74) is 1.63. The Kier molecular flexibility index (Phi) is 3.25. The number of nitrogens with zero attached hydrogens (tertiary/aromatic N) is 1. The highest BCUT2D eigenvalue weighted by Crippen LogP contribution is 2.19. The minimum Gasteiger partial charge on any atom is -0.376 e. The first-order valence-electron chi connectivity index (χ1n) is 6.69. The second-order valence-electron chi connectivity index (χ2n) is 5.07. The highest BCUT2D eigenvalue weighted by Gasteiger charge is 2.21. The monoisotopic (exact) mass is 258 g/mol. The Hall–Kier alpha value is -1.81. The summed E-state index contributed by atoms with van der Waals surface area (Å²) in [5.74, 6) is 0.0450. The summed E-state index contributed by atoms with van der Waals surface area (Å²) in [6.07, 6.45) is 4.20. The summed E-state index contributed by atoms with van der Waals surface area (Å²) in [6, 6.07) is 7.77. The topological polar surface area (TPSA) is 45.3 Å². The third kappa shape index (κ3) is 2.36. The number of ether oxygens (including phenoxy) is 1. The van der Waals surface area contributed by atoms with E-state index in [1.807, 2.05) is 37.5 Å². The Labute approximate surface area is 112 Å². The molecular weight excluding hydrogens is 240 g/mol. The summed E-state index contributed by atoms with van der Waals surface area (Å²) in [7, 11) is 1.84. The van der Waals surface area contributed by atoms with Gasteiger partial charge in [0.25, 0.3) is 5.91 Å². The first-order chi connectivity index (χ1) is 9.25. The maximum atomic E-state index is 12.5. The second kappa shape index (κ2) is 5.05. The van der Waals surface area contributed by atoms with Crippen molar-refractivity contribution in [3.63, 3.8) is 0 Å². The zero-order valence-corrected chi connectivity index (χ0v) is 11.1. The molecule has 0 saturated carbocycles. The summed E-state index contributed by atoms with van der Waals surface area (Å²) in [4.78, 5) is 17.4. The number of aromatic nitrogens is 1. The summed E-state index contributed by atoms with van der Waals surface area (Å²) in [5, 5.41) is 1.07. The molecule has 1 N–H and O–H groups in total. The molecule has 1 aromatic carbocycles. The Balaban J connectivity index is 1.80. The van der Waals surface area contributed by atoms with Gasteiger partial charge in [-0.15, -0.1) is 0 Å². The van der Waals surface area contributed by atoms with E-state index in [2.05, 4.69) is 4.98 Å². The van der Waals surface area contributed by atoms with Gasteiger partial charge in [-0.3, -0.25) is 4.79 Å². The lowest BCUT2D eigenvalue weighted by atomic mass is 10.1. The Morgan fingerprint density at radius 3 is 3.16 bits per heavy atom. The number of H-pyrrole nitrogens is 1. The van der Waals surface area contributed by atoms with Crippen LogP contribution >= 0.6 is 0 Å². The third-order valence-electron chi connectivity index (χ3n) is 3.67. The van der Waals surface area contributed by atoms with E-state index in [1.54, 1.807) is 4.90 Å². The van der Waals surface area contributed by atoms with Gasteiger partial charge < -0.3 is 14.6 Å². The van der Waals surface area contributed by atoms with Crippen molar-refractivity contribution in [3.05, 3.63) is 36.0 Å². The first-order valence-corrected chi connectivity index (χ1v) is 6.69. The number of nitrogens with one attached hydrogen (secondary N) is 1. The molecule has 3 rings (SSSR count). The predicted molar refractivity (Wildman–Crippen MR) is 74.2 cm³/mol. The molecule has 0 spiro atoms. The van der Waals surface area contributed by atoms with E-state index in [1.165, 1.54) is 0 Å². The standard InChI is InChI=1S/C15H18N2O2/c1-17(10-12-5-3-9-19-12)15(18)13-6-2-4-11-7-8-16-14(11)13/h2,4,6-8,12,16H,3,5,9-10H2,1H3. The third-order valence-corrected chi connectivity index (χ3v) is 3.67. The molecule has 1 saturated heterocycles. The van der Waals surface area contributed by atoms with Gasteiger partial charge in [0.05, 0.1) is 17.2 Å². The molecule has 2 heterocycles. The average molecular weight is 258 g/mol. The van der Waals surface area contributed by atoms with Gasteiger partial charge in [0.15, 0.2) is 0 Å². The predicted octanol–water partition coefficient (Wildman–Crippen LogP) is 2.42. The molecule has 1 aliphatic heterocycles. The molecular formula is C15H18N2O2. The minimum atomic E-state index is 0.0450. The van der Waals surface area contributed by atoms with Crippen LogP contribution < -0.4 is 0 Å². The zero-order chi connectivity index (χ0) is 13.2. The van der Waals surface area contributed by atoms with Gasteiger partial charge in [-0.1, -0.05) is 12.1 Å². The van der Waals surface area contributed by atoms with E-state index in [9.17, 15) is 4.79 Å². The highest BCUT2D eigenvalue weighted by atomic mass is 16.5. The number of aromatic amines is 1. The van der Waals surface area contributed by atoms with Crippen LogP contribution in [0.25, 0.3) is 10.9 Å². The van der Waals surface area contributed by atoms with Crippen LogP contribution in [-0.4, -0.2) is 42.1 Å². The van der Waals surface area contributed by atoms with E-state index in [-0.39, 0.29) is 12.0 Å². The Bertz CT molecular complexity index is 585.